The third kappa shape index (κ3) is 7.59. The first-order chi connectivity index (χ1) is 15.8. The number of nitrogen functional groups attached to an aromatic ring is 1. The molecule has 0 unspecified atom stereocenters. The second kappa shape index (κ2) is 12.2. The molecule has 2 atom stereocenters. The van der Waals surface area contributed by atoms with Gasteiger partial charge in [-0.3, -0.25) is 9.59 Å². The molecule has 178 valence electrons. The number of nitrogens with two attached hydrogens (primary N) is 2. The lowest BCUT2D eigenvalue weighted by Gasteiger charge is -2.25. The maximum absolute atomic E-state index is 13.1. The molecule has 2 aromatic rings. The monoisotopic (exact) mass is 491 g/mol. The van der Waals surface area contributed by atoms with Crippen LogP contribution in [0, 0.1) is 5.92 Å². The molecule has 0 saturated heterocycles. The highest BCUT2D eigenvalue weighted by Gasteiger charge is 2.25. The van der Waals surface area contributed by atoms with E-state index in [0.29, 0.717) is 33.8 Å². The Labute approximate surface area is 204 Å². The molecule has 2 amide bonds. The van der Waals surface area contributed by atoms with Crippen molar-refractivity contribution in [1.29, 1.82) is 0 Å². The first-order valence-corrected chi connectivity index (χ1v) is 12.1. The molecule has 1 aromatic heterocycles. The molecule has 0 aliphatic heterocycles. The third-order valence-corrected chi connectivity index (χ3v) is 6.85. The number of rotatable bonds is 9. The number of halogens is 2. The third-order valence-electron chi connectivity index (χ3n) is 6.11. The van der Waals surface area contributed by atoms with Crippen LogP contribution in [-0.2, 0) is 16.1 Å². The fourth-order valence-electron chi connectivity index (χ4n) is 4.17. The lowest BCUT2D eigenvalue weighted by atomic mass is 9.85. The van der Waals surface area contributed by atoms with E-state index in [4.69, 9.17) is 34.7 Å². The van der Waals surface area contributed by atoms with Gasteiger partial charge >= 0.3 is 0 Å². The van der Waals surface area contributed by atoms with Gasteiger partial charge in [-0.05, 0) is 41.7 Å². The number of carbonyl (C=O) groups excluding carboxylic acids is 2. The summed E-state index contributed by atoms with van der Waals surface area (Å²) < 4.78 is 0. The Morgan fingerprint density at radius 3 is 2.45 bits per heavy atom. The summed E-state index contributed by atoms with van der Waals surface area (Å²) in [4.78, 5) is 29.8. The van der Waals surface area contributed by atoms with Crippen LogP contribution in [0.2, 0.25) is 10.0 Å². The Kier molecular flexibility index (Phi) is 9.35. The summed E-state index contributed by atoms with van der Waals surface area (Å²) in [7, 11) is 0. The van der Waals surface area contributed by atoms with Crippen molar-refractivity contribution < 1.29 is 9.59 Å². The van der Waals surface area contributed by atoms with Gasteiger partial charge in [-0.2, -0.15) is 0 Å². The van der Waals surface area contributed by atoms with E-state index in [2.05, 4.69) is 15.6 Å². The second-order valence-corrected chi connectivity index (χ2v) is 9.44. The van der Waals surface area contributed by atoms with Crippen molar-refractivity contribution in [2.24, 2.45) is 11.7 Å². The van der Waals surface area contributed by atoms with Gasteiger partial charge in [0.15, 0.2) is 0 Å². The summed E-state index contributed by atoms with van der Waals surface area (Å²) in [6, 6.07) is 7.89. The minimum Gasteiger partial charge on any atom is -0.384 e. The fraction of sp³-hybridized carbons (Fsp3) is 0.458. The van der Waals surface area contributed by atoms with Crippen LogP contribution in [-0.4, -0.2) is 29.4 Å². The van der Waals surface area contributed by atoms with Crippen molar-refractivity contribution >= 4 is 40.8 Å². The van der Waals surface area contributed by atoms with Gasteiger partial charge in [-0.25, -0.2) is 4.98 Å². The average Bonchev–Trinajstić information content (AvgIpc) is 2.81. The number of hydrogen-bond acceptors (Lipinski definition) is 5. The van der Waals surface area contributed by atoms with Crippen LogP contribution in [0.15, 0.2) is 36.5 Å². The molecule has 1 aromatic carbocycles. The van der Waals surface area contributed by atoms with E-state index in [-0.39, 0.29) is 24.9 Å². The summed E-state index contributed by atoms with van der Waals surface area (Å²) in [5.41, 5.74) is 13.2. The van der Waals surface area contributed by atoms with E-state index in [1.54, 1.807) is 36.5 Å². The molecule has 0 spiro atoms. The van der Waals surface area contributed by atoms with Crippen LogP contribution in [0.4, 0.5) is 5.82 Å². The lowest BCUT2D eigenvalue weighted by Crippen LogP contribution is -2.45. The number of carbonyl (C=O) groups is 2. The van der Waals surface area contributed by atoms with E-state index in [9.17, 15) is 9.59 Å². The predicted molar refractivity (Wildman–Crippen MR) is 132 cm³/mol. The van der Waals surface area contributed by atoms with Crippen LogP contribution in [0.25, 0.3) is 0 Å². The summed E-state index contributed by atoms with van der Waals surface area (Å²) in [5, 5.41) is 6.49. The molecule has 1 fully saturated rings. The number of benzene rings is 1. The van der Waals surface area contributed by atoms with Gasteiger partial charge in [-0.15, -0.1) is 0 Å². The molecule has 0 bridgehead atoms. The maximum Gasteiger partial charge on any atom is 0.236 e. The topological polar surface area (TPSA) is 123 Å². The number of hydrogen-bond donors (Lipinski definition) is 4. The summed E-state index contributed by atoms with van der Waals surface area (Å²) in [5.74, 6) is -0.270. The zero-order chi connectivity index (χ0) is 23.8. The van der Waals surface area contributed by atoms with E-state index >= 15 is 0 Å². The molecular formula is C24H31Cl2N5O2. The molecule has 9 heteroatoms. The van der Waals surface area contributed by atoms with Crippen molar-refractivity contribution in [3.8, 4) is 0 Å². The molecule has 0 radical (unpaired) electrons. The molecule has 1 saturated carbocycles. The molecule has 1 heterocycles. The van der Waals surface area contributed by atoms with E-state index in [1.807, 2.05) is 0 Å². The maximum atomic E-state index is 13.1. The van der Waals surface area contributed by atoms with Gasteiger partial charge in [0.2, 0.25) is 11.8 Å². The number of amides is 2. The zero-order valence-corrected chi connectivity index (χ0v) is 20.0. The van der Waals surface area contributed by atoms with Crippen molar-refractivity contribution in [2.75, 3.05) is 12.3 Å². The zero-order valence-electron chi connectivity index (χ0n) is 18.5. The van der Waals surface area contributed by atoms with Crippen LogP contribution in [0.3, 0.4) is 0 Å². The van der Waals surface area contributed by atoms with Crippen LogP contribution in [0.1, 0.15) is 55.6 Å². The molecule has 33 heavy (non-hydrogen) atoms. The van der Waals surface area contributed by atoms with Gasteiger partial charge in [0.25, 0.3) is 0 Å². The van der Waals surface area contributed by atoms with Crippen molar-refractivity contribution in [3.05, 3.63) is 57.7 Å². The Balaban J connectivity index is 1.64. The highest BCUT2D eigenvalue weighted by Crippen LogP contribution is 2.28. The van der Waals surface area contributed by atoms with E-state index < -0.39 is 12.0 Å². The Hall–Kier alpha value is -2.35. The summed E-state index contributed by atoms with van der Waals surface area (Å²) in [6.45, 7) is 0.375. The SMILES string of the molecule is Nc1ccc(CNC(=O)[C@@H](CNC(=O)[C@H](N)CC2CCCCC2)c2ccc(Cl)c(Cl)c2)cn1. The fourth-order valence-corrected chi connectivity index (χ4v) is 4.47. The molecule has 7 nitrogen and oxygen atoms in total. The molecular weight excluding hydrogens is 461 g/mol. The normalized spacial score (nSPS) is 16.1. The molecule has 6 N–H and O–H groups in total. The number of anilines is 1. The van der Waals surface area contributed by atoms with Crippen molar-refractivity contribution in [2.45, 2.75) is 57.0 Å². The Morgan fingerprint density at radius 2 is 1.79 bits per heavy atom. The van der Waals surface area contributed by atoms with Gasteiger partial charge in [0.1, 0.15) is 5.82 Å². The smallest absolute Gasteiger partial charge is 0.236 e. The average molecular weight is 492 g/mol. The predicted octanol–water partition coefficient (Wildman–Crippen LogP) is 3.78. The first kappa shape index (κ1) is 25.3. The summed E-state index contributed by atoms with van der Waals surface area (Å²) in [6.07, 6.45) is 8.16. The number of nitrogens with one attached hydrogen (secondary N) is 2. The van der Waals surface area contributed by atoms with Gasteiger partial charge < -0.3 is 22.1 Å². The highest BCUT2D eigenvalue weighted by molar-refractivity contribution is 6.42. The first-order valence-electron chi connectivity index (χ1n) is 11.3. The van der Waals surface area contributed by atoms with Gasteiger partial charge in [0, 0.05) is 19.3 Å². The number of pyridine rings is 1. The second-order valence-electron chi connectivity index (χ2n) is 8.63. The molecule has 3 rings (SSSR count). The molecule has 1 aliphatic rings. The lowest BCUT2D eigenvalue weighted by molar-refractivity contribution is -0.124. The number of aromatic nitrogens is 1. The van der Waals surface area contributed by atoms with Crippen LogP contribution >= 0.6 is 23.2 Å². The van der Waals surface area contributed by atoms with Crippen LogP contribution in [0.5, 0.6) is 0 Å². The van der Waals surface area contributed by atoms with E-state index in [0.717, 1.165) is 18.4 Å². The summed E-state index contributed by atoms with van der Waals surface area (Å²) >= 11 is 12.2. The van der Waals surface area contributed by atoms with E-state index in [1.165, 1.54) is 19.3 Å². The quantitative estimate of drug-likeness (QED) is 0.424. The van der Waals surface area contributed by atoms with Gasteiger partial charge in [-0.1, -0.05) is 67.4 Å². The number of nitrogens with zero attached hydrogens (tertiary/aromatic N) is 1. The van der Waals surface area contributed by atoms with Crippen molar-refractivity contribution in [3.63, 3.8) is 0 Å². The largest absolute Gasteiger partial charge is 0.384 e. The van der Waals surface area contributed by atoms with Crippen LogP contribution < -0.4 is 22.1 Å². The minimum atomic E-state index is -0.660. The molecule has 1 aliphatic carbocycles. The Bertz CT molecular complexity index is 948. The van der Waals surface area contributed by atoms with Gasteiger partial charge in [0.05, 0.1) is 22.0 Å². The Morgan fingerprint density at radius 1 is 1.03 bits per heavy atom. The highest BCUT2D eigenvalue weighted by atomic mass is 35.5. The standard InChI is InChI=1S/C24H31Cl2N5O2/c25-19-8-7-17(11-20(19)26)18(23(32)30-13-16-6-9-22(28)29-12-16)14-31-24(33)21(27)10-15-4-2-1-3-5-15/h6-9,11-12,15,18,21H,1-5,10,13-14,27H2,(H2,28,29)(H,30,32)(H,31,33)/t18-,21+/m0/s1. The minimum absolute atomic E-state index is 0.0982. The van der Waals surface area contributed by atoms with Crippen molar-refractivity contribution in [1.82, 2.24) is 15.6 Å².